The van der Waals surface area contributed by atoms with Crippen molar-refractivity contribution in [3.8, 4) is 0 Å². The first kappa shape index (κ1) is 20.0. The number of hydrogen-bond acceptors (Lipinski definition) is 8. The fourth-order valence-corrected chi connectivity index (χ4v) is 1.83. The fourth-order valence-electron chi connectivity index (χ4n) is 1.68. The molecule has 0 rings (SSSR count). The molecule has 0 saturated carbocycles. The molecule has 8 nitrogen and oxygen atoms in total. The molecule has 0 aromatic heterocycles. The molecule has 0 aliphatic heterocycles. The van der Waals surface area contributed by atoms with E-state index in [1.54, 1.807) is 0 Å². The summed E-state index contributed by atoms with van der Waals surface area (Å²) in [6.45, 7) is 4.25. The Balaban J connectivity index is 5.60. The number of ether oxygens (including phenoxy) is 3. The molecular weight excluding hydrogens is 320 g/mol. The molecule has 0 aliphatic carbocycles. The van der Waals surface area contributed by atoms with Gasteiger partial charge in [-0.3, -0.25) is 24.0 Å². The summed E-state index contributed by atoms with van der Waals surface area (Å²) in [6, 6.07) is 0. The maximum absolute atomic E-state index is 11.7. The first-order valence-electron chi connectivity index (χ1n) is 6.25. The van der Waals surface area contributed by atoms with Crippen LogP contribution in [-0.4, -0.2) is 47.2 Å². The smallest absolute Gasteiger partial charge is 0.303 e. The quantitative estimate of drug-likeness (QED) is 0.358. The summed E-state index contributed by atoms with van der Waals surface area (Å²) in [7, 11) is 0. The van der Waals surface area contributed by atoms with Crippen molar-refractivity contribution in [3.05, 3.63) is 0 Å². The van der Waals surface area contributed by atoms with Gasteiger partial charge in [-0.2, -0.15) is 0 Å². The van der Waals surface area contributed by atoms with Crippen LogP contribution in [0.25, 0.3) is 0 Å². The minimum atomic E-state index is -1.53. The zero-order valence-corrected chi connectivity index (χ0v) is 13.3. The van der Waals surface area contributed by atoms with Gasteiger partial charge in [-0.15, -0.1) is 0 Å². The van der Waals surface area contributed by atoms with Gasteiger partial charge in [-0.1, -0.05) is 0 Å². The molecule has 0 bridgehead atoms. The van der Waals surface area contributed by atoms with Crippen molar-refractivity contribution in [2.75, 3.05) is 0 Å². The average molecular weight is 337 g/mol. The van der Waals surface area contributed by atoms with Crippen molar-refractivity contribution in [2.24, 2.45) is 0 Å². The van der Waals surface area contributed by atoms with Crippen LogP contribution in [0, 0.1) is 0 Å². The number of hydrogen-bond donors (Lipinski definition) is 0. The Hall–Kier alpha value is -1.96. The molecule has 3 unspecified atom stereocenters. The van der Waals surface area contributed by atoms with Crippen molar-refractivity contribution in [1.29, 1.82) is 0 Å². The number of ketones is 1. The molecule has 0 amide bonds. The molecule has 0 aromatic carbocycles. The van der Waals surface area contributed by atoms with Gasteiger partial charge in [-0.05, 0) is 18.5 Å². The molecule has 0 N–H and O–H groups in total. The van der Waals surface area contributed by atoms with Crippen LogP contribution < -0.4 is 0 Å². The van der Waals surface area contributed by atoms with Crippen LogP contribution in [0.2, 0.25) is 0 Å². The molecular formula is C13H17ClO8. The molecule has 0 heterocycles. The highest BCUT2D eigenvalue weighted by atomic mass is 35.5. The van der Waals surface area contributed by atoms with Gasteiger partial charge in [0.15, 0.2) is 24.1 Å². The first-order chi connectivity index (χ1) is 10.0. The van der Waals surface area contributed by atoms with Gasteiger partial charge in [0, 0.05) is 20.8 Å². The fraction of sp³-hybridized carbons (Fsp3) is 0.615. The topological polar surface area (TPSA) is 113 Å². The number of halogens is 1. The van der Waals surface area contributed by atoms with Crippen LogP contribution >= 0.6 is 11.6 Å². The summed E-state index contributed by atoms with van der Waals surface area (Å²) in [4.78, 5) is 56.2. The SMILES string of the molecule is CC(=O)OC(CC(=O)Cl)C(OC(C)=O)C(OC(C)=O)C(C)=O. The lowest BCUT2D eigenvalue weighted by molar-refractivity contribution is -0.185. The van der Waals surface area contributed by atoms with Crippen molar-refractivity contribution in [3.63, 3.8) is 0 Å². The van der Waals surface area contributed by atoms with Crippen molar-refractivity contribution in [1.82, 2.24) is 0 Å². The van der Waals surface area contributed by atoms with Crippen LogP contribution in [0.15, 0.2) is 0 Å². The van der Waals surface area contributed by atoms with Gasteiger partial charge in [0.05, 0.1) is 6.42 Å². The van der Waals surface area contributed by atoms with E-state index in [4.69, 9.17) is 25.8 Å². The molecule has 9 heteroatoms. The minimum Gasteiger partial charge on any atom is -0.458 e. The second-order valence-electron chi connectivity index (χ2n) is 4.42. The van der Waals surface area contributed by atoms with Crippen LogP contribution in [0.5, 0.6) is 0 Å². The molecule has 0 aromatic rings. The van der Waals surface area contributed by atoms with Crippen molar-refractivity contribution >= 4 is 40.5 Å². The second kappa shape index (κ2) is 9.14. The largest absolute Gasteiger partial charge is 0.458 e. The van der Waals surface area contributed by atoms with E-state index in [1.807, 2.05) is 0 Å². The second-order valence-corrected chi connectivity index (χ2v) is 4.84. The lowest BCUT2D eigenvalue weighted by Gasteiger charge is -2.30. The average Bonchev–Trinajstić information content (AvgIpc) is 2.30. The van der Waals surface area contributed by atoms with Gasteiger partial charge in [0.25, 0.3) is 0 Å². The van der Waals surface area contributed by atoms with Gasteiger partial charge in [0.1, 0.15) is 0 Å². The maximum Gasteiger partial charge on any atom is 0.303 e. The van der Waals surface area contributed by atoms with Gasteiger partial charge >= 0.3 is 17.9 Å². The Bertz CT molecular complexity index is 457. The van der Waals surface area contributed by atoms with E-state index in [-0.39, 0.29) is 0 Å². The van der Waals surface area contributed by atoms with E-state index in [2.05, 4.69) is 0 Å². The van der Waals surface area contributed by atoms with Gasteiger partial charge < -0.3 is 14.2 Å². The molecule has 0 radical (unpaired) electrons. The Morgan fingerprint density at radius 3 is 1.59 bits per heavy atom. The molecule has 0 spiro atoms. The number of carbonyl (C=O) groups excluding carboxylic acids is 5. The molecule has 3 atom stereocenters. The van der Waals surface area contributed by atoms with E-state index >= 15 is 0 Å². The lowest BCUT2D eigenvalue weighted by Crippen LogP contribution is -2.48. The number of Topliss-reactive ketones (excluding diaryl/α,β-unsaturated/α-hetero) is 1. The monoisotopic (exact) mass is 336 g/mol. The highest BCUT2D eigenvalue weighted by Crippen LogP contribution is 2.18. The summed E-state index contributed by atoms with van der Waals surface area (Å²) >= 11 is 5.26. The van der Waals surface area contributed by atoms with Crippen LogP contribution in [-0.2, 0) is 38.2 Å². The Labute approximate surface area is 132 Å². The molecule has 0 saturated heterocycles. The highest BCUT2D eigenvalue weighted by Gasteiger charge is 2.40. The third-order valence-electron chi connectivity index (χ3n) is 2.34. The normalized spacial score (nSPS) is 14.2. The predicted octanol–water partition coefficient (Wildman–Crippen LogP) is 0.526. The van der Waals surface area contributed by atoms with Crippen LogP contribution in [0.4, 0.5) is 0 Å². The van der Waals surface area contributed by atoms with E-state index in [1.165, 1.54) is 0 Å². The molecule has 0 fully saturated rings. The summed E-state index contributed by atoms with van der Waals surface area (Å²) in [6.07, 6.45) is -4.89. The Morgan fingerprint density at radius 1 is 0.818 bits per heavy atom. The standard InChI is InChI=1S/C13H17ClO8/c1-6(15)12(21-8(3)17)13(22-9(4)18)10(5-11(14)19)20-7(2)16/h10,12-13H,5H2,1-4H3. The zero-order chi connectivity index (χ0) is 17.4. The van der Waals surface area contributed by atoms with E-state index in [9.17, 15) is 24.0 Å². The van der Waals surface area contributed by atoms with Crippen molar-refractivity contribution in [2.45, 2.75) is 52.4 Å². The van der Waals surface area contributed by atoms with Gasteiger partial charge in [0.2, 0.25) is 5.24 Å². The first-order valence-corrected chi connectivity index (χ1v) is 6.62. The van der Waals surface area contributed by atoms with Crippen molar-refractivity contribution < 1.29 is 38.2 Å². The van der Waals surface area contributed by atoms with Gasteiger partial charge in [-0.25, -0.2) is 0 Å². The summed E-state index contributed by atoms with van der Waals surface area (Å²) in [5.74, 6) is -3.07. The number of rotatable bonds is 8. The molecule has 0 aliphatic rings. The van der Waals surface area contributed by atoms with E-state index < -0.39 is 53.7 Å². The third-order valence-corrected chi connectivity index (χ3v) is 2.49. The summed E-state index contributed by atoms with van der Waals surface area (Å²) < 4.78 is 14.6. The number of esters is 3. The summed E-state index contributed by atoms with van der Waals surface area (Å²) in [5, 5.41) is -0.881. The minimum absolute atomic E-state index is 0.524. The lowest BCUT2D eigenvalue weighted by atomic mass is 10.0. The Morgan fingerprint density at radius 2 is 1.27 bits per heavy atom. The van der Waals surface area contributed by atoms with E-state index in [0.29, 0.717) is 0 Å². The summed E-state index contributed by atoms with van der Waals surface area (Å²) in [5.41, 5.74) is 0. The molecule has 22 heavy (non-hydrogen) atoms. The Kier molecular flexibility index (Phi) is 8.32. The van der Waals surface area contributed by atoms with Crippen LogP contribution in [0.1, 0.15) is 34.1 Å². The maximum atomic E-state index is 11.7. The third kappa shape index (κ3) is 7.72. The number of carbonyl (C=O) groups is 5. The predicted molar refractivity (Wildman–Crippen MR) is 72.8 cm³/mol. The highest BCUT2D eigenvalue weighted by molar-refractivity contribution is 6.63. The van der Waals surface area contributed by atoms with E-state index in [0.717, 1.165) is 27.7 Å². The zero-order valence-electron chi connectivity index (χ0n) is 12.6. The van der Waals surface area contributed by atoms with Crippen LogP contribution in [0.3, 0.4) is 0 Å². The molecule has 124 valence electrons.